The van der Waals surface area contributed by atoms with Crippen molar-refractivity contribution in [2.75, 3.05) is 0 Å². The summed E-state index contributed by atoms with van der Waals surface area (Å²) < 4.78 is 52.6. The molecule has 6 N–H and O–H groups in total. The van der Waals surface area contributed by atoms with E-state index < -0.39 is 25.6 Å². The van der Waals surface area contributed by atoms with Crippen LogP contribution < -0.4 is 17.2 Å². The first kappa shape index (κ1) is 23.0. The lowest BCUT2D eigenvalue weighted by Gasteiger charge is -2.11. The van der Waals surface area contributed by atoms with Crippen LogP contribution in [0.25, 0.3) is 0 Å². The second-order valence-electron chi connectivity index (χ2n) is 6.77. The topological polar surface area (TPSA) is 171 Å². The fraction of sp³-hybridized carbons (Fsp3) is 0.0476. The molecule has 166 valence electrons. The second kappa shape index (κ2) is 8.81. The van der Waals surface area contributed by atoms with E-state index >= 15 is 0 Å². The van der Waals surface area contributed by atoms with Gasteiger partial charge >= 0.3 is 0 Å². The molecular formula is C21H21N5O4S2. The number of nitrogens with two attached hydrogens (primary N) is 3. The van der Waals surface area contributed by atoms with Crippen molar-refractivity contribution in [1.82, 2.24) is 0 Å². The van der Waals surface area contributed by atoms with E-state index in [1.807, 2.05) is 6.92 Å². The molecule has 0 spiro atoms. The number of sulfone groups is 2. The highest BCUT2D eigenvalue weighted by molar-refractivity contribution is 7.92. The molecule has 3 aromatic rings. The summed E-state index contributed by atoms with van der Waals surface area (Å²) in [7, 11) is -8.00. The smallest absolute Gasteiger partial charge is 0.223 e. The quantitative estimate of drug-likeness (QED) is 0.376. The molecule has 0 bridgehead atoms. The normalized spacial score (nSPS) is 12.3. The number of rotatable bonds is 5. The van der Waals surface area contributed by atoms with Crippen molar-refractivity contribution < 1.29 is 16.8 Å². The zero-order chi connectivity index (χ0) is 23.5. The van der Waals surface area contributed by atoms with E-state index in [1.165, 1.54) is 36.4 Å². The summed E-state index contributed by atoms with van der Waals surface area (Å²) in [5.41, 5.74) is 17.0. The molecule has 0 saturated carbocycles. The molecule has 0 saturated heterocycles. The van der Waals surface area contributed by atoms with Gasteiger partial charge in [-0.05, 0) is 49.4 Å². The predicted octanol–water partition coefficient (Wildman–Crippen LogP) is 1.88. The molecule has 3 rings (SSSR count). The predicted molar refractivity (Wildman–Crippen MR) is 122 cm³/mol. The van der Waals surface area contributed by atoms with Gasteiger partial charge in [0.15, 0.2) is 5.96 Å². The average molecular weight is 472 g/mol. The molecule has 0 atom stereocenters. The summed E-state index contributed by atoms with van der Waals surface area (Å²) in [6.45, 7) is 1.82. The highest BCUT2D eigenvalue weighted by Gasteiger charge is 2.25. The maximum absolute atomic E-state index is 13.3. The zero-order valence-corrected chi connectivity index (χ0v) is 18.6. The van der Waals surface area contributed by atoms with E-state index in [9.17, 15) is 16.8 Å². The summed E-state index contributed by atoms with van der Waals surface area (Å²) >= 11 is 0. The number of guanidine groups is 2. The van der Waals surface area contributed by atoms with Crippen LogP contribution in [-0.4, -0.2) is 28.8 Å². The zero-order valence-electron chi connectivity index (χ0n) is 17.0. The van der Waals surface area contributed by atoms with Crippen LogP contribution in [0.5, 0.6) is 0 Å². The summed E-state index contributed by atoms with van der Waals surface area (Å²) in [5.74, 6) is -0.818. The number of hydrogen-bond acceptors (Lipinski definition) is 5. The fourth-order valence-electron chi connectivity index (χ4n) is 2.84. The second-order valence-corrected chi connectivity index (χ2v) is 10.6. The Hall–Kier alpha value is -3.70. The van der Waals surface area contributed by atoms with E-state index in [-0.39, 0.29) is 31.2 Å². The number of hydrogen-bond donors (Lipinski definition) is 3. The van der Waals surface area contributed by atoms with Crippen LogP contribution in [0, 0.1) is 6.92 Å². The molecule has 0 fully saturated rings. The van der Waals surface area contributed by atoms with Gasteiger partial charge in [0.2, 0.25) is 25.6 Å². The highest BCUT2D eigenvalue weighted by Crippen LogP contribution is 2.33. The van der Waals surface area contributed by atoms with Crippen LogP contribution in [0.1, 0.15) is 5.56 Å². The summed E-state index contributed by atoms with van der Waals surface area (Å²) in [5, 5.41) is 0. The van der Waals surface area contributed by atoms with E-state index in [4.69, 9.17) is 17.2 Å². The van der Waals surface area contributed by atoms with E-state index in [1.54, 1.807) is 30.3 Å². The van der Waals surface area contributed by atoms with Gasteiger partial charge in [-0.3, -0.25) is 0 Å². The molecule has 3 aromatic carbocycles. The first-order chi connectivity index (χ1) is 15.0. The van der Waals surface area contributed by atoms with Crippen molar-refractivity contribution >= 4 is 37.3 Å². The van der Waals surface area contributed by atoms with Crippen molar-refractivity contribution in [2.45, 2.75) is 26.5 Å². The minimum atomic E-state index is -4.06. The maximum atomic E-state index is 13.3. The molecule has 0 radical (unpaired) electrons. The third kappa shape index (κ3) is 4.79. The van der Waals surface area contributed by atoms with Gasteiger partial charge in [-0.15, -0.1) is 0 Å². The van der Waals surface area contributed by atoms with Crippen LogP contribution >= 0.6 is 0 Å². The Balaban J connectivity index is 2.24. The van der Waals surface area contributed by atoms with Gasteiger partial charge in [0.05, 0.1) is 25.3 Å². The van der Waals surface area contributed by atoms with Gasteiger partial charge in [-0.1, -0.05) is 35.9 Å². The number of nitrogens with zero attached hydrogens (tertiary/aromatic N) is 2. The lowest BCUT2D eigenvalue weighted by atomic mass is 10.2. The average Bonchev–Trinajstić information content (AvgIpc) is 2.74. The van der Waals surface area contributed by atoms with Crippen molar-refractivity contribution in [3.63, 3.8) is 0 Å². The lowest BCUT2D eigenvalue weighted by molar-refractivity contribution is 0.592. The van der Waals surface area contributed by atoms with Gasteiger partial charge in [0.1, 0.15) is 0 Å². The Bertz CT molecular complexity index is 1410. The van der Waals surface area contributed by atoms with Crippen LogP contribution in [-0.2, 0) is 19.7 Å². The molecule has 0 aromatic heterocycles. The summed E-state index contributed by atoms with van der Waals surface area (Å²) in [4.78, 5) is 7.21. The third-order valence-electron chi connectivity index (χ3n) is 4.39. The summed E-state index contributed by atoms with van der Waals surface area (Å²) in [6.07, 6.45) is 0. The number of aryl methyl sites for hydroxylation is 1. The Morgan fingerprint density at radius 1 is 0.719 bits per heavy atom. The minimum absolute atomic E-state index is 0.0126. The SMILES string of the molecule is Cc1ccc(S(=O)(=O)c2ccc(S(=O)(=O)c3ccccc3)cc2N=C(N)N=C(N)N)cc1. The molecule has 0 aliphatic rings. The Kier molecular flexibility index (Phi) is 6.32. The number of benzene rings is 3. The Morgan fingerprint density at radius 2 is 1.28 bits per heavy atom. The van der Waals surface area contributed by atoms with Gasteiger partial charge < -0.3 is 17.2 Å². The highest BCUT2D eigenvalue weighted by atomic mass is 32.2. The Morgan fingerprint density at radius 3 is 1.88 bits per heavy atom. The van der Waals surface area contributed by atoms with Gasteiger partial charge in [-0.2, -0.15) is 4.99 Å². The van der Waals surface area contributed by atoms with E-state index in [0.29, 0.717) is 0 Å². The molecule has 0 unspecified atom stereocenters. The van der Waals surface area contributed by atoms with Crippen LogP contribution in [0.3, 0.4) is 0 Å². The third-order valence-corrected chi connectivity index (χ3v) is 7.98. The maximum Gasteiger partial charge on any atom is 0.223 e. The lowest BCUT2D eigenvalue weighted by Crippen LogP contribution is -2.26. The van der Waals surface area contributed by atoms with Crippen molar-refractivity contribution in [3.8, 4) is 0 Å². The first-order valence-electron chi connectivity index (χ1n) is 9.21. The van der Waals surface area contributed by atoms with Crippen LogP contribution in [0.2, 0.25) is 0 Å². The van der Waals surface area contributed by atoms with Crippen molar-refractivity contribution in [1.29, 1.82) is 0 Å². The first-order valence-corrected chi connectivity index (χ1v) is 12.2. The molecule has 32 heavy (non-hydrogen) atoms. The van der Waals surface area contributed by atoms with Crippen molar-refractivity contribution in [3.05, 3.63) is 78.4 Å². The monoisotopic (exact) mass is 471 g/mol. The van der Waals surface area contributed by atoms with Gasteiger partial charge in [0.25, 0.3) is 0 Å². The van der Waals surface area contributed by atoms with Crippen LogP contribution in [0.15, 0.2) is 102 Å². The Labute approximate surface area is 186 Å². The standard InChI is InChI=1S/C21H21N5O4S2/c1-14-7-9-16(10-8-14)32(29,30)19-12-11-17(13-18(19)25-21(24)26-20(22)23)31(27,28)15-5-3-2-4-6-15/h2-13H,1H3,(H6,22,23,24,25,26). The molecular weight excluding hydrogens is 450 g/mol. The molecule has 11 heteroatoms. The van der Waals surface area contributed by atoms with Gasteiger partial charge in [-0.25, -0.2) is 21.8 Å². The molecule has 0 heterocycles. The molecule has 0 aliphatic heterocycles. The summed E-state index contributed by atoms with van der Waals surface area (Å²) in [6, 6.07) is 17.4. The van der Waals surface area contributed by atoms with E-state index in [2.05, 4.69) is 9.98 Å². The van der Waals surface area contributed by atoms with Crippen LogP contribution in [0.4, 0.5) is 5.69 Å². The largest absolute Gasteiger partial charge is 0.370 e. The van der Waals surface area contributed by atoms with Gasteiger partial charge in [0, 0.05) is 0 Å². The van der Waals surface area contributed by atoms with Crippen molar-refractivity contribution in [2.24, 2.45) is 27.2 Å². The number of aliphatic imine (C=N–C) groups is 2. The van der Waals surface area contributed by atoms with E-state index in [0.717, 1.165) is 11.6 Å². The minimum Gasteiger partial charge on any atom is -0.370 e. The molecule has 0 amide bonds. The molecule has 9 nitrogen and oxygen atoms in total. The molecule has 0 aliphatic carbocycles. The fourth-order valence-corrected chi connectivity index (χ4v) is 5.52.